The van der Waals surface area contributed by atoms with Crippen LogP contribution in [0.1, 0.15) is 68.8 Å². The van der Waals surface area contributed by atoms with Crippen molar-refractivity contribution in [2.24, 2.45) is 5.73 Å². The second-order valence-electron chi connectivity index (χ2n) is 14.0. The maximum Gasteiger partial charge on any atom is 0.322 e. The standard InChI is InChI=1S/C36H39F2N6O5PS2/c1-50(2,49)36(37,38)21-7-11-27-20(15-21)17-29(51-27)33(47)42-25-18-40-14-13-22-8-10-26(44(22)35(25)48)32(46)41-24(9-12-30(39)45)34-43-31-23-6-4-3-5-19(23)16-28(31)52-34/h3-7,11,15,17,22,24-26,40H,8-10,12-14,16,18H2,1-2H3,(H2,39,45)(H,41,46)(H,42,47)/t22-,24+,25+,26+/m1/s1. The number of benzene rings is 2. The average molecular weight is 769 g/mol. The lowest BCUT2D eigenvalue weighted by molar-refractivity contribution is -0.142. The summed E-state index contributed by atoms with van der Waals surface area (Å²) >= 11 is 2.60. The van der Waals surface area contributed by atoms with Crippen molar-refractivity contribution in [1.82, 2.24) is 25.8 Å². The summed E-state index contributed by atoms with van der Waals surface area (Å²) in [4.78, 5) is 61.4. The Morgan fingerprint density at radius 3 is 2.67 bits per heavy atom. The number of aromatic nitrogens is 1. The van der Waals surface area contributed by atoms with Gasteiger partial charge >= 0.3 is 5.66 Å². The van der Waals surface area contributed by atoms with Crippen molar-refractivity contribution < 1.29 is 32.5 Å². The molecule has 4 heterocycles. The Kier molecular flexibility index (Phi) is 9.83. The number of thiophene rings is 1. The van der Waals surface area contributed by atoms with Gasteiger partial charge in [0.25, 0.3) is 5.91 Å². The van der Waals surface area contributed by atoms with E-state index in [2.05, 4.69) is 22.0 Å². The van der Waals surface area contributed by atoms with Gasteiger partial charge in [-0.1, -0.05) is 30.3 Å². The number of primary amides is 1. The van der Waals surface area contributed by atoms with Crippen molar-refractivity contribution in [3.05, 3.63) is 74.4 Å². The Hall–Kier alpha value is -4.04. The number of hydrogen-bond acceptors (Lipinski definition) is 9. The van der Waals surface area contributed by atoms with E-state index in [0.29, 0.717) is 40.9 Å². The smallest absolute Gasteiger partial charge is 0.322 e. The molecule has 52 heavy (non-hydrogen) atoms. The topological polar surface area (TPSA) is 164 Å². The van der Waals surface area contributed by atoms with Gasteiger partial charge < -0.3 is 31.1 Å². The second-order valence-corrected chi connectivity index (χ2v) is 19.5. The molecule has 1 aliphatic carbocycles. The van der Waals surface area contributed by atoms with Crippen LogP contribution >= 0.6 is 29.8 Å². The van der Waals surface area contributed by atoms with Crippen molar-refractivity contribution in [2.75, 3.05) is 26.4 Å². The zero-order chi connectivity index (χ0) is 36.9. The number of thiazole rings is 1. The molecule has 16 heteroatoms. The Balaban J connectivity index is 1.08. The lowest BCUT2D eigenvalue weighted by Crippen LogP contribution is -2.60. The molecule has 274 valence electrons. The van der Waals surface area contributed by atoms with Crippen molar-refractivity contribution in [3.8, 4) is 11.3 Å². The molecule has 0 saturated carbocycles. The number of alkyl halides is 2. The number of nitrogens with two attached hydrogens (primary N) is 1. The highest BCUT2D eigenvalue weighted by molar-refractivity contribution is 7.63. The molecule has 3 aliphatic rings. The fourth-order valence-corrected chi connectivity index (χ4v) is 10.2. The first kappa shape index (κ1) is 36.3. The van der Waals surface area contributed by atoms with Crippen LogP contribution in [0, 0.1) is 0 Å². The predicted molar refractivity (Wildman–Crippen MR) is 197 cm³/mol. The number of carbonyl (C=O) groups is 4. The minimum absolute atomic E-state index is 0.0426. The quantitative estimate of drug-likeness (QED) is 0.142. The van der Waals surface area contributed by atoms with Crippen LogP contribution in [-0.2, 0) is 31.0 Å². The second kappa shape index (κ2) is 14.1. The van der Waals surface area contributed by atoms with E-state index in [1.54, 1.807) is 4.90 Å². The first-order valence-electron chi connectivity index (χ1n) is 17.2. The monoisotopic (exact) mass is 768 g/mol. The van der Waals surface area contributed by atoms with Gasteiger partial charge in [-0.2, -0.15) is 8.78 Å². The van der Waals surface area contributed by atoms with Gasteiger partial charge in [0.1, 0.15) is 17.1 Å². The fraction of sp³-hybridized carbons (Fsp3) is 0.417. The number of nitrogens with one attached hydrogen (secondary N) is 3. The first-order valence-corrected chi connectivity index (χ1v) is 21.4. The maximum absolute atomic E-state index is 14.8. The Labute approximate surface area is 307 Å². The first-order chi connectivity index (χ1) is 24.7. The van der Waals surface area contributed by atoms with Gasteiger partial charge in [0.15, 0.2) is 7.14 Å². The molecule has 2 fully saturated rings. The van der Waals surface area contributed by atoms with E-state index in [9.17, 15) is 32.5 Å². The van der Waals surface area contributed by atoms with Crippen LogP contribution < -0.4 is 21.7 Å². The van der Waals surface area contributed by atoms with Gasteiger partial charge in [-0.15, -0.1) is 22.7 Å². The number of fused-ring (bicyclic) bond motifs is 5. The molecule has 0 bridgehead atoms. The van der Waals surface area contributed by atoms with Crippen LogP contribution in [0.5, 0.6) is 0 Å². The molecule has 2 aliphatic heterocycles. The van der Waals surface area contributed by atoms with E-state index >= 15 is 0 Å². The zero-order valence-corrected chi connectivity index (χ0v) is 31.1. The largest absolute Gasteiger partial charge is 0.370 e. The summed E-state index contributed by atoms with van der Waals surface area (Å²) in [6.07, 6.45) is 2.71. The lowest BCUT2D eigenvalue weighted by Gasteiger charge is -2.35. The number of rotatable bonds is 10. The number of carbonyl (C=O) groups excluding carboxylic acids is 4. The molecule has 4 atom stereocenters. The van der Waals surface area contributed by atoms with Crippen LogP contribution in [0.2, 0.25) is 0 Å². The average Bonchev–Trinajstić information content (AvgIpc) is 3.88. The molecule has 4 amide bonds. The van der Waals surface area contributed by atoms with Crippen molar-refractivity contribution >= 4 is 63.5 Å². The highest BCUT2D eigenvalue weighted by Gasteiger charge is 2.46. The van der Waals surface area contributed by atoms with Crippen molar-refractivity contribution in [1.29, 1.82) is 0 Å². The fourth-order valence-electron chi connectivity index (χ4n) is 7.27. The van der Waals surface area contributed by atoms with E-state index < -0.39 is 48.7 Å². The Morgan fingerprint density at radius 2 is 1.90 bits per heavy atom. The number of nitrogens with zero attached hydrogens (tertiary/aromatic N) is 2. The SMILES string of the molecule is CP(C)(=O)C(F)(F)c1ccc2sc(C(=O)N[C@H]3CNCC[C@H]4CC[C@@H](C(=O)N[C@@H](CCC(N)=O)c5nc6c(s5)Cc5ccccc5-6)N4C3=O)cc2c1. The molecule has 2 aromatic carbocycles. The van der Waals surface area contributed by atoms with Crippen LogP contribution in [0.25, 0.3) is 21.3 Å². The lowest BCUT2D eigenvalue weighted by atomic mass is 10.1. The Bertz CT molecular complexity index is 2130. The molecule has 0 radical (unpaired) electrons. The summed E-state index contributed by atoms with van der Waals surface area (Å²) in [6, 6.07) is 10.9. The van der Waals surface area contributed by atoms with E-state index in [1.807, 2.05) is 18.2 Å². The molecular weight excluding hydrogens is 730 g/mol. The molecule has 7 rings (SSSR count). The minimum Gasteiger partial charge on any atom is -0.370 e. The number of amides is 4. The van der Waals surface area contributed by atoms with Gasteiger partial charge in [-0.3, -0.25) is 19.2 Å². The summed E-state index contributed by atoms with van der Waals surface area (Å²) in [6.45, 7) is 2.78. The molecule has 0 unspecified atom stereocenters. The third kappa shape index (κ3) is 6.91. The van der Waals surface area contributed by atoms with Gasteiger partial charge in [0.2, 0.25) is 17.7 Å². The minimum atomic E-state index is -3.79. The van der Waals surface area contributed by atoms with Gasteiger partial charge in [0.05, 0.1) is 16.6 Å². The third-order valence-electron chi connectivity index (χ3n) is 10.1. The Morgan fingerprint density at radius 1 is 1.12 bits per heavy atom. The molecular formula is C36H39F2N6O5PS2. The summed E-state index contributed by atoms with van der Waals surface area (Å²) < 4.78 is 42.6. The third-order valence-corrected chi connectivity index (χ3v) is 14.0. The summed E-state index contributed by atoms with van der Waals surface area (Å²) in [5.74, 6) is -1.80. The summed E-state index contributed by atoms with van der Waals surface area (Å²) in [7, 11) is -3.79. The van der Waals surface area contributed by atoms with E-state index in [1.165, 1.54) is 41.2 Å². The summed E-state index contributed by atoms with van der Waals surface area (Å²) in [5.41, 5.74) is 4.72. The van der Waals surface area contributed by atoms with Gasteiger partial charge in [-0.05, 0) is 74.7 Å². The molecule has 2 saturated heterocycles. The van der Waals surface area contributed by atoms with E-state index in [0.717, 1.165) is 47.2 Å². The molecule has 4 aromatic rings. The van der Waals surface area contributed by atoms with Crippen molar-refractivity contribution in [2.45, 2.75) is 68.4 Å². The van der Waals surface area contributed by atoms with Crippen molar-refractivity contribution in [3.63, 3.8) is 0 Å². The van der Waals surface area contributed by atoms with Crippen LogP contribution in [-0.4, -0.2) is 78.1 Å². The molecule has 5 N–H and O–H groups in total. The number of hydrogen-bond donors (Lipinski definition) is 4. The number of halogens is 2. The van der Waals surface area contributed by atoms with Gasteiger partial charge in [-0.25, -0.2) is 4.98 Å². The van der Waals surface area contributed by atoms with E-state index in [4.69, 9.17) is 10.7 Å². The summed E-state index contributed by atoms with van der Waals surface area (Å²) in [5, 5.41) is 10.2. The van der Waals surface area contributed by atoms with Crippen LogP contribution in [0.4, 0.5) is 8.78 Å². The molecule has 2 aromatic heterocycles. The zero-order valence-electron chi connectivity index (χ0n) is 28.6. The highest BCUT2D eigenvalue weighted by atomic mass is 32.1. The molecule has 11 nitrogen and oxygen atoms in total. The van der Waals surface area contributed by atoms with Crippen LogP contribution in [0.3, 0.4) is 0 Å². The maximum atomic E-state index is 14.8. The van der Waals surface area contributed by atoms with E-state index in [-0.39, 0.29) is 41.8 Å². The predicted octanol–water partition coefficient (Wildman–Crippen LogP) is 5.18. The van der Waals surface area contributed by atoms with Crippen LogP contribution in [0.15, 0.2) is 48.5 Å². The van der Waals surface area contributed by atoms with Gasteiger partial charge in [0, 0.05) is 46.1 Å². The molecule has 0 spiro atoms. The normalized spacial score (nSPS) is 20.8. The highest BCUT2D eigenvalue weighted by Crippen LogP contribution is 2.60.